The molecule has 1 aliphatic rings. The van der Waals surface area contributed by atoms with Crippen LogP contribution in [-0.4, -0.2) is 16.9 Å². The fourth-order valence-corrected chi connectivity index (χ4v) is 3.48. The minimum atomic E-state index is -0.870. The number of nitrogens with one attached hydrogen (secondary N) is 3. The molecule has 0 spiro atoms. The van der Waals surface area contributed by atoms with E-state index in [9.17, 15) is 9.59 Å². The number of hydrogen-bond acceptors (Lipinski definition) is 4. The van der Waals surface area contributed by atoms with E-state index in [4.69, 9.17) is 41.2 Å². The lowest BCUT2D eigenvalue weighted by atomic mass is 9.77. The summed E-state index contributed by atoms with van der Waals surface area (Å²) < 4.78 is 0. The van der Waals surface area contributed by atoms with Gasteiger partial charge in [0, 0.05) is 5.02 Å². The highest BCUT2D eigenvalue weighted by molar-refractivity contribution is 7.80. The third-order valence-corrected chi connectivity index (χ3v) is 5.12. The number of nitrogens with two attached hydrogens (primary N) is 1. The zero-order valence-electron chi connectivity index (χ0n) is 14.4. The number of imide groups is 1. The second-order valence-corrected chi connectivity index (χ2v) is 7.81. The maximum atomic E-state index is 12.3. The quantitative estimate of drug-likeness (QED) is 0.332. The smallest absolute Gasteiger partial charge is 0.260 e. The topological polar surface area (TPSA) is 96.2 Å². The predicted molar refractivity (Wildman–Crippen MR) is 113 cm³/mol. The molecular weight excluding hydrogens is 407 g/mol. The van der Waals surface area contributed by atoms with E-state index in [1.807, 2.05) is 0 Å². The van der Waals surface area contributed by atoms with Crippen molar-refractivity contribution >= 4 is 69.4 Å². The van der Waals surface area contributed by atoms with E-state index in [0.29, 0.717) is 27.0 Å². The summed E-state index contributed by atoms with van der Waals surface area (Å²) in [7, 11) is 0. The lowest BCUT2D eigenvalue weighted by Crippen LogP contribution is -2.49. The van der Waals surface area contributed by atoms with E-state index >= 15 is 0 Å². The first-order valence-electron chi connectivity index (χ1n) is 7.93. The van der Waals surface area contributed by atoms with E-state index in [-0.39, 0.29) is 22.3 Å². The number of hydrogen-bond donors (Lipinski definition) is 4. The van der Waals surface area contributed by atoms with E-state index < -0.39 is 11.3 Å². The summed E-state index contributed by atoms with van der Waals surface area (Å²) in [5.41, 5.74) is 7.36. The van der Waals surface area contributed by atoms with Crippen molar-refractivity contribution in [3.05, 3.63) is 51.5 Å². The van der Waals surface area contributed by atoms with Crippen LogP contribution in [0.2, 0.25) is 10.0 Å². The molecule has 27 heavy (non-hydrogen) atoms. The summed E-state index contributed by atoms with van der Waals surface area (Å²) in [6, 6.07) is 8.33. The van der Waals surface area contributed by atoms with Crippen LogP contribution in [-0.2, 0) is 10.2 Å². The molecule has 1 heterocycles. The summed E-state index contributed by atoms with van der Waals surface area (Å²) in [6.45, 7) is 3.46. The molecule has 140 valence electrons. The summed E-state index contributed by atoms with van der Waals surface area (Å²) in [5.74, 6) is -0.898. The zero-order valence-corrected chi connectivity index (χ0v) is 16.8. The van der Waals surface area contributed by atoms with Gasteiger partial charge < -0.3 is 16.4 Å². The molecule has 1 aliphatic heterocycles. The highest BCUT2D eigenvalue weighted by Crippen LogP contribution is 2.37. The molecule has 0 atom stereocenters. The number of halogens is 2. The molecule has 0 radical (unpaired) electrons. The van der Waals surface area contributed by atoms with Gasteiger partial charge in [0.05, 0.1) is 33.1 Å². The molecule has 2 aromatic carbocycles. The number of anilines is 3. The van der Waals surface area contributed by atoms with Gasteiger partial charge in [0.2, 0.25) is 5.91 Å². The largest absolute Gasteiger partial charge is 0.396 e. The van der Waals surface area contributed by atoms with Gasteiger partial charge in [-0.2, -0.15) is 0 Å². The monoisotopic (exact) mass is 422 g/mol. The minimum Gasteiger partial charge on any atom is -0.396 e. The summed E-state index contributed by atoms with van der Waals surface area (Å²) >= 11 is 17.3. The molecule has 6 nitrogen and oxygen atoms in total. The van der Waals surface area contributed by atoms with Gasteiger partial charge in [-0.1, -0.05) is 29.3 Å². The Morgan fingerprint density at radius 2 is 1.74 bits per heavy atom. The fourth-order valence-electron chi connectivity index (χ4n) is 2.80. The number of carbonyl (C=O) groups excluding carboxylic acids is 2. The van der Waals surface area contributed by atoms with Crippen LogP contribution in [0.1, 0.15) is 29.8 Å². The molecule has 9 heteroatoms. The Bertz CT molecular complexity index is 992. The third kappa shape index (κ3) is 3.58. The van der Waals surface area contributed by atoms with Gasteiger partial charge in [-0.3, -0.25) is 14.9 Å². The predicted octanol–water partition coefficient (Wildman–Crippen LogP) is 3.93. The van der Waals surface area contributed by atoms with Crippen molar-refractivity contribution in [1.29, 1.82) is 0 Å². The lowest BCUT2D eigenvalue weighted by molar-refractivity contribution is -0.125. The van der Waals surface area contributed by atoms with Crippen LogP contribution in [0.25, 0.3) is 0 Å². The number of carbonyl (C=O) groups is 2. The van der Waals surface area contributed by atoms with Gasteiger partial charge in [0.15, 0.2) is 5.11 Å². The van der Waals surface area contributed by atoms with Crippen LogP contribution in [0.4, 0.5) is 17.1 Å². The number of rotatable bonds is 2. The average molecular weight is 423 g/mol. The van der Waals surface area contributed by atoms with Gasteiger partial charge in [0.1, 0.15) is 0 Å². The van der Waals surface area contributed by atoms with Crippen molar-refractivity contribution in [1.82, 2.24) is 5.32 Å². The van der Waals surface area contributed by atoms with Crippen LogP contribution in [0.5, 0.6) is 0 Å². The second-order valence-electron chi connectivity index (χ2n) is 6.56. The summed E-state index contributed by atoms with van der Waals surface area (Å²) in [4.78, 5) is 24.4. The fraction of sp³-hybridized carbons (Fsp3) is 0.167. The number of thiocarbonyl (C=S) groups is 1. The lowest BCUT2D eigenvalue weighted by Gasteiger charge is -2.31. The Kier molecular flexibility index (Phi) is 5.03. The number of benzene rings is 2. The normalized spacial score (nSPS) is 15.0. The van der Waals surface area contributed by atoms with Gasteiger partial charge in [-0.05, 0) is 55.9 Å². The van der Waals surface area contributed by atoms with Crippen LogP contribution >= 0.6 is 35.4 Å². The average Bonchev–Trinajstić information content (AvgIpc) is 2.57. The Balaban J connectivity index is 1.88. The van der Waals surface area contributed by atoms with Gasteiger partial charge >= 0.3 is 0 Å². The SMILES string of the molecule is CC1(C)C(=O)NC(=O)c2c1ccc(NC(=S)Nc1ccc(Cl)cc1Cl)c2N. The summed E-state index contributed by atoms with van der Waals surface area (Å²) in [6.07, 6.45) is 0. The maximum absolute atomic E-state index is 12.3. The third-order valence-electron chi connectivity index (χ3n) is 4.37. The molecule has 0 aromatic heterocycles. The van der Waals surface area contributed by atoms with Gasteiger partial charge in [0.25, 0.3) is 5.91 Å². The minimum absolute atomic E-state index is 0.205. The maximum Gasteiger partial charge on any atom is 0.260 e. The molecule has 0 unspecified atom stereocenters. The molecule has 2 aromatic rings. The first-order valence-corrected chi connectivity index (χ1v) is 9.09. The van der Waals surface area contributed by atoms with E-state index in [2.05, 4.69) is 16.0 Å². The molecule has 0 bridgehead atoms. The van der Waals surface area contributed by atoms with E-state index in [1.54, 1.807) is 44.2 Å². The van der Waals surface area contributed by atoms with Crippen molar-refractivity contribution in [3.63, 3.8) is 0 Å². The van der Waals surface area contributed by atoms with Crippen molar-refractivity contribution in [3.8, 4) is 0 Å². The van der Waals surface area contributed by atoms with Crippen LogP contribution in [0, 0.1) is 0 Å². The Labute approximate surface area is 171 Å². The number of nitrogen functional groups attached to an aromatic ring is 1. The number of amides is 2. The Hall–Kier alpha value is -2.35. The van der Waals surface area contributed by atoms with E-state index in [1.165, 1.54) is 0 Å². The highest BCUT2D eigenvalue weighted by Gasteiger charge is 2.40. The van der Waals surface area contributed by atoms with Gasteiger partial charge in [-0.15, -0.1) is 0 Å². The van der Waals surface area contributed by atoms with Crippen LogP contribution in [0.15, 0.2) is 30.3 Å². The zero-order chi connectivity index (χ0) is 19.9. The molecule has 0 aliphatic carbocycles. The van der Waals surface area contributed by atoms with Crippen molar-refractivity contribution in [2.45, 2.75) is 19.3 Å². The van der Waals surface area contributed by atoms with Crippen LogP contribution < -0.4 is 21.7 Å². The second kappa shape index (κ2) is 6.99. The molecule has 0 saturated carbocycles. The van der Waals surface area contributed by atoms with Crippen molar-refractivity contribution in [2.24, 2.45) is 0 Å². The first-order chi connectivity index (χ1) is 12.6. The molecule has 2 amide bonds. The standard InChI is InChI=1S/C18H16Cl2N4O2S/c1-18(2)9-4-6-12(14(21)13(9)15(25)24-16(18)26)23-17(27)22-11-5-3-8(19)7-10(11)20/h3-7H,21H2,1-2H3,(H2,22,23,27)(H,24,25,26). The van der Waals surface area contributed by atoms with E-state index in [0.717, 1.165) is 0 Å². The molecule has 0 saturated heterocycles. The first kappa shape index (κ1) is 19.4. The molecule has 5 N–H and O–H groups in total. The molecule has 0 fully saturated rings. The van der Waals surface area contributed by atoms with Crippen LogP contribution in [0.3, 0.4) is 0 Å². The Morgan fingerprint density at radius 3 is 2.41 bits per heavy atom. The molecule has 3 rings (SSSR count). The van der Waals surface area contributed by atoms with Crippen molar-refractivity contribution < 1.29 is 9.59 Å². The summed E-state index contributed by atoms with van der Waals surface area (Å²) in [5, 5.41) is 9.38. The highest BCUT2D eigenvalue weighted by atomic mass is 35.5. The van der Waals surface area contributed by atoms with Gasteiger partial charge in [-0.25, -0.2) is 0 Å². The molecular formula is C18H16Cl2N4O2S. The number of fused-ring (bicyclic) bond motifs is 1. The Morgan fingerprint density at radius 1 is 1.11 bits per heavy atom. The van der Waals surface area contributed by atoms with Crippen molar-refractivity contribution in [2.75, 3.05) is 16.4 Å².